The molecule has 2 N–H and O–H groups in total. The van der Waals surface area contributed by atoms with Crippen molar-refractivity contribution >= 4 is 18.4 Å². The van der Waals surface area contributed by atoms with Crippen molar-refractivity contribution in [2.45, 2.75) is 32.4 Å². The van der Waals surface area contributed by atoms with Crippen molar-refractivity contribution in [2.75, 3.05) is 0 Å². The van der Waals surface area contributed by atoms with E-state index in [4.69, 9.17) is 12.2 Å². The highest BCUT2D eigenvalue weighted by Crippen LogP contribution is 2.23. The first kappa shape index (κ1) is 11.1. The zero-order valence-electron chi connectivity index (χ0n) is 8.93. The molecule has 0 atom stereocenters. The second-order valence-corrected chi connectivity index (χ2v) is 4.14. The average molecular weight is 239 g/mol. The van der Waals surface area contributed by atoms with Gasteiger partial charge in [0.1, 0.15) is 5.56 Å². The van der Waals surface area contributed by atoms with Crippen LogP contribution in [0.3, 0.4) is 0 Å². The second-order valence-electron chi connectivity index (χ2n) is 3.75. The lowest BCUT2D eigenvalue weighted by Crippen LogP contribution is -2.18. The summed E-state index contributed by atoms with van der Waals surface area (Å²) in [5, 5.41) is 9.87. The molecule has 1 aromatic heterocycles. The summed E-state index contributed by atoms with van der Waals surface area (Å²) in [5.41, 5.74) is -0.209. The average Bonchev–Trinajstić information content (AvgIpc) is 3.01. The Morgan fingerprint density at radius 3 is 2.94 bits per heavy atom. The quantitative estimate of drug-likeness (QED) is 0.615. The van der Waals surface area contributed by atoms with Crippen molar-refractivity contribution in [3.63, 3.8) is 0 Å². The van der Waals surface area contributed by atoms with Crippen LogP contribution in [0, 0.1) is 4.77 Å². The number of H-pyrrole nitrogens is 1. The zero-order valence-corrected chi connectivity index (χ0v) is 9.75. The Bertz CT molecular complexity index is 540. The third-order valence-electron chi connectivity index (χ3n) is 2.48. The summed E-state index contributed by atoms with van der Waals surface area (Å²) in [6.07, 6.45) is 3.55. The van der Waals surface area contributed by atoms with E-state index in [-0.39, 0.29) is 16.2 Å². The van der Waals surface area contributed by atoms with E-state index in [1.807, 2.05) is 6.92 Å². The van der Waals surface area contributed by atoms with Gasteiger partial charge in [-0.15, -0.1) is 0 Å². The van der Waals surface area contributed by atoms with Crippen molar-refractivity contribution in [3.8, 4) is 5.88 Å². The molecule has 0 radical (unpaired) electrons. The molecule has 0 unspecified atom stereocenters. The predicted octanol–water partition coefficient (Wildman–Crippen LogP) is 1.21. The summed E-state index contributed by atoms with van der Waals surface area (Å²) >= 11 is 4.94. The summed E-state index contributed by atoms with van der Waals surface area (Å²) < 4.78 is 1.69. The van der Waals surface area contributed by atoms with Gasteiger partial charge in [-0.05, 0) is 32.0 Å². The number of aromatic amines is 1. The lowest BCUT2D eigenvalue weighted by molar-refractivity contribution is 0.408. The Hall–Kier alpha value is -1.43. The van der Waals surface area contributed by atoms with Gasteiger partial charge in [0.15, 0.2) is 4.77 Å². The number of hydrogen-bond acceptors (Lipinski definition) is 4. The van der Waals surface area contributed by atoms with Crippen molar-refractivity contribution in [2.24, 2.45) is 4.99 Å². The van der Waals surface area contributed by atoms with Crippen molar-refractivity contribution in [1.82, 2.24) is 9.55 Å². The van der Waals surface area contributed by atoms with Crippen molar-refractivity contribution < 1.29 is 5.11 Å². The van der Waals surface area contributed by atoms with Crippen LogP contribution in [0.5, 0.6) is 5.88 Å². The fraction of sp³-hybridized carbons (Fsp3) is 0.500. The highest BCUT2D eigenvalue weighted by atomic mass is 32.1. The van der Waals surface area contributed by atoms with Gasteiger partial charge in [-0.2, -0.15) is 0 Å². The standard InChI is InChI=1S/C10H13N3O2S/c1-2-13-9(15)7(5-11-6-3-4-6)8(14)12-10(13)16/h5-6,15H,2-4H2,1H3,(H,12,14,16). The molecule has 0 amide bonds. The van der Waals surface area contributed by atoms with Crippen LogP contribution in [-0.2, 0) is 6.54 Å². The van der Waals surface area contributed by atoms with E-state index < -0.39 is 5.56 Å². The number of rotatable bonds is 3. The van der Waals surface area contributed by atoms with Crippen LogP contribution >= 0.6 is 12.2 Å². The molecule has 0 saturated heterocycles. The van der Waals surface area contributed by atoms with E-state index >= 15 is 0 Å². The number of aromatic hydroxyl groups is 1. The molecule has 0 bridgehead atoms. The SMILES string of the molecule is CCn1c(O)c(C=NC2CC2)c(=O)[nH]c1=S. The number of nitrogens with one attached hydrogen (secondary N) is 1. The van der Waals surface area contributed by atoms with Crippen molar-refractivity contribution in [3.05, 3.63) is 20.7 Å². The molecule has 1 aromatic rings. The molecule has 6 heteroatoms. The third-order valence-corrected chi connectivity index (χ3v) is 2.81. The fourth-order valence-electron chi connectivity index (χ4n) is 1.39. The summed E-state index contributed by atoms with van der Waals surface area (Å²) in [7, 11) is 0. The molecule has 2 rings (SSSR count). The van der Waals surface area contributed by atoms with E-state index in [0.717, 1.165) is 12.8 Å². The van der Waals surface area contributed by atoms with Crippen molar-refractivity contribution in [1.29, 1.82) is 0 Å². The minimum absolute atomic E-state index is 0.111. The van der Waals surface area contributed by atoms with Crippen LogP contribution in [-0.4, -0.2) is 26.9 Å². The summed E-state index contributed by atoms with van der Waals surface area (Å²) in [6, 6.07) is 0.317. The number of hydrogen-bond donors (Lipinski definition) is 2. The predicted molar refractivity (Wildman–Crippen MR) is 63.8 cm³/mol. The maximum Gasteiger partial charge on any atom is 0.264 e. The molecule has 5 nitrogen and oxygen atoms in total. The molecule has 1 saturated carbocycles. The number of aliphatic imine (C=N–C) groups is 1. The van der Waals surface area contributed by atoms with Crippen LogP contribution in [0.15, 0.2) is 9.79 Å². The molecule has 1 aliphatic rings. The maximum absolute atomic E-state index is 11.6. The summed E-state index contributed by atoms with van der Waals surface area (Å²) in [4.78, 5) is 18.3. The molecule has 86 valence electrons. The van der Waals surface area contributed by atoms with Crippen LogP contribution in [0.4, 0.5) is 0 Å². The van der Waals surface area contributed by atoms with Gasteiger partial charge in [0.05, 0.1) is 6.04 Å². The Labute approximate surface area is 97.5 Å². The minimum atomic E-state index is -0.392. The van der Waals surface area contributed by atoms with E-state index in [1.165, 1.54) is 10.8 Å². The van der Waals surface area contributed by atoms with E-state index in [0.29, 0.717) is 12.6 Å². The Morgan fingerprint density at radius 2 is 2.38 bits per heavy atom. The summed E-state index contributed by atoms with van der Waals surface area (Å²) in [6.45, 7) is 2.35. The van der Waals surface area contributed by atoms with E-state index in [2.05, 4.69) is 9.98 Å². The first-order chi connectivity index (χ1) is 7.63. The molecule has 16 heavy (non-hydrogen) atoms. The van der Waals surface area contributed by atoms with Gasteiger partial charge in [-0.1, -0.05) is 0 Å². The van der Waals surface area contributed by atoms with Crippen LogP contribution in [0.25, 0.3) is 0 Å². The van der Waals surface area contributed by atoms with Crippen LogP contribution in [0.2, 0.25) is 0 Å². The number of nitrogens with zero attached hydrogens (tertiary/aromatic N) is 2. The molecule has 0 aromatic carbocycles. The molecular weight excluding hydrogens is 226 g/mol. The Kier molecular flexibility index (Phi) is 2.91. The van der Waals surface area contributed by atoms with Gasteiger partial charge in [0, 0.05) is 12.8 Å². The molecule has 1 fully saturated rings. The zero-order chi connectivity index (χ0) is 11.7. The maximum atomic E-state index is 11.6. The van der Waals surface area contributed by atoms with Gasteiger partial charge < -0.3 is 5.11 Å². The topological polar surface area (TPSA) is 70.4 Å². The second kappa shape index (κ2) is 4.21. The third kappa shape index (κ3) is 2.06. The van der Waals surface area contributed by atoms with E-state index in [1.54, 1.807) is 0 Å². The monoisotopic (exact) mass is 239 g/mol. The largest absolute Gasteiger partial charge is 0.494 e. The molecule has 0 spiro atoms. The van der Waals surface area contributed by atoms with Crippen LogP contribution in [0.1, 0.15) is 25.3 Å². The van der Waals surface area contributed by atoms with Gasteiger partial charge in [-0.3, -0.25) is 19.3 Å². The fourth-order valence-corrected chi connectivity index (χ4v) is 1.70. The lowest BCUT2D eigenvalue weighted by atomic mass is 10.3. The van der Waals surface area contributed by atoms with Gasteiger partial charge >= 0.3 is 0 Å². The first-order valence-electron chi connectivity index (χ1n) is 5.22. The lowest BCUT2D eigenvalue weighted by Gasteiger charge is -2.07. The highest BCUT2D eigenvalue weighted by molar-refractivity contribution is 7.71. The number of aromatic nitrogens is 2. The van der Waals surface area contributed by atoms with Gasteiger partial charge in [0.2, 0.25) is 5.88 Å². The Morgan fingerprint density at radius 1 is 1.69 bits per heavy atom. The molecule has 1 aliphatic carbocycles. The van der Waals surface area contributed by atoms with Crippen LogP contribution < -0.4 is 5.56 Å². The molecule has 0 aliphatic heterocycles. The molecular formula is C10H13N3O2S. The Balaban J connectivity index is 2.50. The van der Waals surface area contributed by atoms with Gasteiger partial charge in [-0.25, -0.2) is 0 Å². The highest BCUT2D eigenvalue weighted by Gasteiger charge is 2.19. The van der Waals surface area contributed by atoms with E-state index in [9.17, 15) is 9.90 Å². The first-order valence-corrected chi connectivity index (χ1v) is 5.63. The smallest absolute Gasteiger partial charge is 0.264 e. The molecule has 1 heterocycles. The summed E-state index contributed by atoms with van der Waals surface area (Å²) in [5.74, 6) is -0.111. The minimum Gasteiger partial charge on any atom is -0.494 e. The normalized spacial score (nSPS) is 15.8. The van der Waals surface area contributed by atoms with Gasteiger partial charge in [0.25, 0.3) is 5.56 Å².